The number of carbonyl (C=O) groups is 1. The fraction of sp³-hybridized carbons (Fsp3) is 0.538. The van der Waals surface area contributed by atoms with Crippen LogP contribution in [0, 0.1) is 0 Å². The lowest BCUT2D eigenvalue weighted by molar-refractivity contribution is 0.0716. The minimum atomic E-state index is -0.0184. The maximum Gasteiger partial charge on any atom is 0.254 e. The van der Waals surface area contributed by atoms with E-state index in [9.17, 15) is 4.79 Å². The van der Waals surface area contributed by atoms with Crippen LogP contribution in [-0.4, -0.2) is 53.9 Å². The minimum Gasteiger partial charge on any atom is -0.334 e. The van der Waals surface area contributed by atoms with E-state index in [-0.39, 0.29) is 17.1 Å². The van der Waals surface area contributed by atoms with E-state index in [1.807, 2.05) is 19.0 Å². The summed E-state index contributed by atoms with van der Waals surface area (Å²) in [6.07, 6.45) is 2.07. The van der Waals surface area contributed by atoms with Crippen LogP contribution >= 0.6 is 11.6 Å². The largest absolute Gasteiger partial charge is 0.334 e. The number of hydrazine groups is 1. The molecule has 1 aromatic heterocycles. The second-order valence-electron chi connectivity index (χ2n) is 5.26. The fourth-order valence-electron chi connectivity index (χ4n) is 2.57. The number of aromatic nitrogens is 1. The first-order valence-electron chi connectivity index (χ1n) is 6.61. The van der Waals surface area contributed by atoms with Gasteiger partial charge in [-0.05, 0) is 39.1 Å². The highest BCUT2D eigenvalue weighted by Crippen LogP contribution is 2.22. The smallest absolute Gasteiger partial charge is 0.254 e. The zero-order valence-electron chi connectivity index (χ0n) is 11.8. The molecule has 3 N–H and O–H groups in total. The Labute approximate surface area is 123 Å². The molecule has 1 aliphatic rings. The van der Waals surface area contributed by atoms with Crippen molar-refractivity contribution in [3.8, 4) is 0 Å². The summed E-state index contributed by atoms with van der Waals surface area (Å²) in [6, 6.07) is 3.45. The monoisotopic (exact) mass is 297 g/mol. The van der Waals surface area contributed by atoms with E-state index in [2.05, 4.69) is 15.3 Å². The van der Waals surface area contributed by atoms with Crippen molar-refractivity contribution in [2.24, 2.45) is 5.84 Å². The molecule has 2 heterocycles. The number of carbonyl (C=O) groups excluding carboxylic acids is 1. The molecule has 2 rings (SSSR count). The molecule has 1 atom stereocenters. The summed E-state index contributed by atoms with van der Waals surface area (Å²) in [5, 5.41) is 0.257. The Morgan fingerprint density at radius 1 is 1.60 bits per heavy atom. The molecule has 0 aromatic carbocycles. The molecular formula is C13H20ClN5O. The molecule has 0 aliphatic carbocycles. The number of anilines is 1. The van der Waals surface area contributed by atoms with Crippen LogP contribution in [-0.2, 0) is 0 Å². The van der Waals surface area contributed by atoms with Gasteiger partial charge in [0.15, 0.2) is 0 Å². The third kappa shape index (κ3) is 3.39. The number of pyridine rings is 1. The van der Waals surface area contributed by atoms with E-state index in [1.54, 1.807) is 12.1 Å². The molecule has 110 valence electrons. The van der Waals surface area contributed by atoms with Gasteiger partial charge in [-0.1, -0.05) is 11.6 Å². The number of likely N-dealkylation sites (N-methyl/N-ethyl adjacent to an activating group) is 1. The Morgan fingerprint density at radius 3 is 3.00 bits per heavy atom. The minimum absolute atomic E-state index is 0.0184. The number of hydrogen-bond acceptors (Lipinski definition) is 5. The summed E-state index contributed by atoms with van der Waals surface area (Å²) in [5.41, 5.74) is 2.94. The molecule has 1 fully saturated rings. The van der Waals surface area contributed by atoms with E-state index in [1.165, 1.54) is 0 Å². The predicted molar refractivity (Wildman–Crippen MR) is 79.7 cm³/mol. The predicted octanol–water partition coefficient (Wildman–Crippen LogP) is 1.19. The zero-order chi connectivity index (χ0) is 14.7. The Morgan fingerprint density at radius 2 is 2.35 bits per heavy atom. The van der Waals surface area contributed by atoms with Crippen LogP contribution in [0.25, 0.3) is 0 Å². The van der Waals surface area contributed by atoms with Gasteiger partial charge in [0.2, 0.25) is 0 Å². The Balaban J connectivity index is 2.19. The van der Waals surface area contributed by atoms with E-state index >= 15 is 0 Å². The summed E-state index contributed by atoms with van der Waals surface area (Å²) in [5.74, 6) is 5.71. The summed E-state index contributed by atoms with van der Waals surface area (Å²) in [6.45, 7) is 1.65. The van der Waals surface area contributed by atoms with Gasteiger partial charge in [-0.2, -0.15) is 0 Å². The molecule has 20 heavy (non-hydrogen) atoms. The number of nitrogens with one attached hydrogen (secondary N) is 1. The third-order valence-corrected chi connectivity index (χ3v) is 3.60. The van der Waals surface area contributed by atoms with Crippen molar-refractivity contribution in [1.82, 2.24) is 14.8 Å². The number of amides is 1. The lowest BCUT2D eigenvalue weighted by Gasteiger charge is -2.27. The van der Waals surface area contributed by atoms with E-state index in [0.717, 1.165) is 25.9 Å². The Hall–Kier alpha value is -1.37. The van der Waals surface area contributed by atoms with Crippen molar-refractivity contribution in [3.63, 3.8) is 0 Å². The third-order valence-electron chi connectivity index (χ3n) is 3.40. The number of likely N-dealkylation sites (tertiary alicyclic amines) is 1. The van der Waals surface area contributed by atoms with E-state index in [4.69, 9.17) is 17.4 Å². The van der Waals surface area contributed by atoms with Crippen molar-refractivity contribution >= 4 is 23.3 Å². The molecule has 0 radical (unpaired) electrons. The van der Waals surface area contributed by atoms with Crippen LogP contribution in [0.4, 0.5) is 5.82 Å². The number of halogens is 1. The van der Waals surface area contributed by atoms with Crippen LogP contribution in [0.15, 0.2) is 12.1 Å². The molecule has 0 spiro atoms. The van der Waals surface area contributed by atoms with Crippen molar-refractivity contribution in [2.75, 3.05) is 32.6 Å². The molecule has 7 heteroatoms. The molecule has 1 aliphatic heterocycles. The molecule has 1 unspecified atom stereocenters. The van der Waals surface area contributed by atoms with Gasteiger partial charge < -0.3 is 15.2 Å². The maximum atomic E-state index is 12.6. The van der Waals surface area contributed by atoms with Crippen LogP contribution in [0.5, 0.6) is 0 Å². The summed E-state index contributed by atoms with van der Waals surface area (Å²) in [4.78, 5) is 20.6. The van der Waals surface area contributed by atoms with Crippen molar-refractivity contribution in [2.45, 2.75) is 18.9 Å². The van der Waals surface area contributed by atoms with E-state index in [0.29, 0.717) is 11.4 Å². The lowest BCUT2D eigenvalue weighted by Crippen LogP contribution is -2.41. The van der Waals surface area contributed by atoms with Gasteiger partial charge in [0.05, 0.1) is 0 Å². The van der Waals surface area contributed by atoms with E-state index < -0.39 is 0 Å². The molecule has 1 saturated heterocycles. The van der Waals surface area contributed by atoms with Crippen molar-refractivity contribution in [1.29, 1.82) is 0 Å². The van der Waals surface area contributed by atoms with Crippen LogP contribution in [0.3, 0.4) is 0 Å². The number of hydrogen-bond donors (Lipinski definition) is 2. The lowest BCUT2D eigenvalue weighted by atomic mass is 10.2. The van der Waals surface area contributed by atoms with Gasteiger partial charge in [0.1, 0.15) is 11.0 Å². The zero-order valence-corrected chi connectivity index (χ0v) is 12.5. The highest BCUT2D eigenvalue weighted by molar-refractivity contribution is 6.29. The number of nitrogens with zero attached hydrogens (tertiary/aromatic N) is 3. The normalized spacial score (nSPS) is 18.6. The second kappa shape index (κ2) is 6.39. The number of nitrogen functional groups attached to an aromatic ring is 1. The van der Waals surface area contributed by atoms with Crippen LogP contribution < -0.4 is 11.3 Å². The average Bonchev–Trinajstić information content (AvgIpc) is 2.84. The second-order valence-corrected chi connectivity index (χ2v) is 5.65. The molecule has 1 aromatic rings. The van der Waals surface area contributed by atoms with Gasteiger partial charge in [-0.15, -0.1) is 0 Å². The summed E-state index contributed by atoms with van der Waals surface area (Å²) in [7, 11) is 4.03. The molecular weight excluding hydrogens is 278 g/mol. The highest BCUT2D eigenvalue weighted by atomic mass is 35.5. The van der Waals surface area contributed by atoms with Gasteiger partial charge in [0.25, 0.3) is 5.91 Å². The van der Waals surface area contributed by atoms with Gasteiger partial charge in [-0.3, -0.25) is 4.79 Å². The summed E-state index contributed by atoms with van der Waals surface area (Å²) >= 11 is 5.91. The molecule has 6 nitrogen and oxygen atoms in total. The molecule has 0 bridgehead atoms. The average molecular weight is 298 g/mol. The first kappa shape index (κ1) is 15.0. The van der Waals surface area contributed by atoms with Crippen molar-refractivity contribution < 1.29 is 4.79 Å². The van der Waals surface area contributed by atoms with Crippen LogP contribution in [0.2, 0.25) is 5.15 Å². The molecule has 1 amide bonds. The van der Waals surface area contributed by atoms with Gasteiger partial charge in [0, 0.05) is 24.7 Å². The summed E-state index contributed by atoms with van der Waals surface area (Å²) < 4.78 is 0. The molecule has 0 saturated carbocycles. The Bertz CT molecular complexity index is 494. The van der Waals surface area contributed by atoms with Gasteiger partial charge >= 0.3 is 0 Å². The quantitative estimate of drug-likeness (QED) is 0.496. The Kier molecular flexibility index (Phi) is 4.80. The topological polar surface area (TPSA) is 74.5 Å². The maximum absolute atomic E-state index is 12.6. The van der Waals surface area contributed by atoms with Crippen molar-refractivity contribution in [3.05, 3.63) is 22.8 Å². The first-order valence-corrected chi connectivity index (χ1v) is 6.99. The first-order chi connectivity index (χ1) is 9.51. The standard InChI is InChI=1S/C13H20ClN5O/c1-18(2)8-10-4-3-5-19(10)13(20)9-6-11(14)16-12(7-9)17-15/h6-7,10H,3-5,8,15H2,1-2H3,(H,16,17). The number of nitrogens with two attached hydrogens (primary N) is 1. The fourth-order valence-corrected chi connectivity index (χ4v) is 2.78. The highest BCUT2D eigenvalue weighted by Gasteiger charge is 2.30. The number of rotatable bonds is 4. The van der Waals surface area contributed by atoms with Gasteiger partial charge in [-0.25, -0.2) is 10.8 Å². The van der Waals surface area contributed by atoms with Crippen LogP contribution in [0.1, 0.15) is 23.2 Å². The SMILES string of the molecule is CN(C)CC1CCCN1C(=O)c1cc(Cl)nc(NN)c1.